The van der Waals surface area contributed by atoms with Crippen molar-refractivity contribution in [2.24, 2.45) is 0 Å². The molecule has 1 aromatic carbocycles. The first-order valence-corrected chi connectivity index (χ1v) is 6.01. The largest absolute Gasteiger partial charge is 0.284 e. The molecule has 0 spiro atoms. The molecule has 0 N–H and O–H groups in total. The Labute approximate surface area is 110 Å². The monoisotopic (exact) mass is 250 g/mol. The maximum absolute atomic E-state index is 9.31. The highest BCUT2D eigenvalue weighted by atomic mass is 35.5. The standard InChI is InChI=1S/C14H18N2.ClH/c1-12-5-7-13(8-6-12)14(11-15)16-9-3-2-4-10-16;/h5-8,14H,2-4,9-10H2,1H3;1H. The zero-order chi connectivity index (χ0) is 11.4. The Morgan fingerprint density at radius 2 is 1.71 bits per heavy atom. The second-order valence-corrected chi connectivity index (χ2v) is 4.54. The molecule has 17 heavy (non-hydrogen) atoms. The van der Waals surface area contributed by atoms with E-state index in [-0.39, 0.29) is 18.4 Å². The summed E-state index contributed by atoms with van der Waals surface area (Å²) < 4.78 is 0. The zero-order valence-electron chi connectivity index (χ0n) is 10.2. The molecule has 0 saturated carbocycles. The number of nitriles is 1. The highest BCUT2D eigenvalue weighted by Gasteiger charge is 2.21. The summed E-state index contributed by atoms with van der Waals surface area (Å²) in [6.07, 6.45) is 3.76. The molecule has 0 bridgehead atoms. The molecule has 1 aromatic rings. The van der Waals surface area contributed by atoms with Crippen LogP contribution in [0, 0.1) is 18.3 Å². The van der Waals surface area contributed by atoms with Gasteiger partial charge in [0.2, 0.25) is 0 Å². The number of likely N-dealkylation sites (tertiary alicyclic amines) is 1. The van der Waals surface area contributed by atoms with E-state index < -0.39 is 0 Å². The average Bonchev–Trinajstić information content (AvgIpc) is 2.34. The molecule has 1 aliphatic rings. The summed E-state index contributed by atoms with van der Waals surface area (Å²) in [6.45, 7) is 4.20. The van der Waals surface area contributed by atoms with Crippen LogP contribution >= 0.6 is 12.4 Å². The minimum absolute atomic E-state index is 0. The Bertz CT molecular complexity index is 374. The molecule has 1 saturated heterocycles. The molecule has 0 aliphatic carbocycles. The van der Waals surface area contributed by atoms with E-state index >= 15 is 0 Å². The molecule has 3 heteroatoms. The number of rotatable bonds is 2. The number of benzene rings is 1. The third-order valence-electron chi connectivity index (χ3n) is 3.27. The van der Waals surface area contributed by atoms with E-state index in [1.807, 2.05) is 0 Å². The van der Waals surface area contributed by atoms with Crippen LogP contribution in [0.5, 0.6) is 0 Å². The summed E-state index contributed by atoms with van der Waals surface area (Å²) in [5, 5.41) is 9.31. The minimum atomic E-state index is -0.0547. The summed E-state index contributed by atoms with van der Waals surface area (Å²) in [4.78, 5) is 2.30. The molecule has 1 aliphatic heterocycles. The Balaban J connectivity index is 0.00000144. The Morgan fingerprint density at radius 1 is 1.12 bits per heavy atom. The molecule has 1 unspecified atom stereocenters. The molecule has 1 fully saturated rings. The highest BCUT2D eigenvalue weighted by Crippen LogP contribution is 2.24. The van der Waals surface area contributed by atoms with Gasteiger partial charge < -0.3 is 0 Å². The lowest BCUT2D eigenvalue weighted by Gasteiger charge is -2.30. The zero-order valence-corrected chi connectivity index (χ0v) is 11.0. The van der Waals surface area contributed by atoms with Gasteiger partial charge in [0, 0.05) is 0 Å². The van der Waals surface area contributed by atoms with Gasteiger partial charge in [-0.1, -0.05) is 36.2 Å². The average molecular weight is 251 g/mol. The smallest absolute Gasteiger partial charge is 0.123 e. The second kappa shape index (κ2) is 6.64. The number of nitrogens with zero attached hydrogens (tertiary/aromatic N) is 2. The van der Waals surface area contributed by atoms with Crippen molar-refractivity contribution in [2.75, 3.05) is 13.1 Å². The van der Waals surface area contributed by atoms with Crippen LogP contribution in [0.3, 0.4) is 0 Å². The lowest BCUT2D eigenvalue weighted by Crippen LogP contribution is -2.33. The summed E-state index contributed by atoms with van der Waals surface area (Å²) in [5.74, 6) is 0. The molecule has 2 nitrogen and oxygen atoms in total. The van der Waals surface area contributed by atoms with Crippen LogP contribution in [0.15, 0.2) is 24.3 Å². The maximum Gasteiger partial charge on any atom is 0.123 e. The molecule has 1 atom stereocenters. The quantitative estimate of drug-likeness (QED) is 0.804. The highest BCUT2D eigenvalue weighted by molar-refractivity contribution is 5.85. The number of piperidine rings is 1. The second-order valence-electron chi connectivity index (χ2n) is 4.54. The summed E-state index contributed by atoms with van der Waals surface area (Å²) in [5.41, 5.74) is 2.38. The van der Waals surface area contributed by atoms with Gasteiger partial charge in [0.05, 0.1) is 6.07 Å². The predicted molar refractivity (Wildman–Crippen MR) is 72.2 cm³/mol. The molecular formula is C14H19ClN2. The van der Waals surface area contributed by atoms with Crippen LogP contribution in [0.25, 0.3) is 0 Å². The first kappa shape index (κ1) is 14.0. The van der Waals surface area contributed by atoms with Gasteiger partial charge in [-0.2, -0.15) is 5.26 Å². The van der Waals surface area contributed by atoms with E-state index in [9.17, 15) is 5.26 Å². The maximum atomic E-state index is 9.31. The van der Waals surface area contributed by atoms with E-state index in [1.165, 1.54) is 24.8 Å². The van der Waals surface area contributed by atoms with Crippen molar-refractivity contribution in [2.45, 2.75) is 32.2 Å². The van der Waals surface area contributed by atoms with Crippen molar-refractivity contribution >= 4 is 12.4 Å². The van der Waals surface area contributed by atoms with E-state index in [4.69, 9.17) is 0 Å². The topological polar surface area (TPSA) is 27.0 Å². The van der Waals surface area contributed by atoms with E-state index in [1.54, 1.807) is 0 Å². The van der Waals surface area contributed by atoms with Gasteiger partial charge in [0.15, 0.2) is 0 Å². The Kier molecular flexibility index (Phi) is 5.47. The Morgan fingerprint density at radius 3 is 2.24 bits per heavy atom. The predicted octanol–water partition coefficient (Wildman–Crippen LogP) is 3.47. The van der Waals surface area contributed by atoms with Crippen molar-refractivity contribution in [1.82, 2.24) is 4.90 Å². The normalized spacial score (nSPS) is 17.9. The van der Waals surface area contributed by atoms with Crippen LogP contribution in [-0.2, 0) is 0 Å². The van der Waals surface area contributed by atoms with E-state index in [0.29, 0.717) is 0 Å². The number of aryl methyl sites for hydroxylation is 1. The fourth-order valence-corrected chi connectivity index (χ4v) is 2.29. The lowest BCUT2D eigenvalue weighted by atomic mass is 10.0. The summed E-state index contributed by atoms with van der Waals surface area (Å²) in [6, 6.07) is 10.7. The first-order chi connectivity index (χ1) is 7.81. The number of hydrogen-bond donors (Lipinski definition) is 0. The third-order valence-corrected chi connectivity index (χ3v) is 3.27. The van der Waals surface area contributed by atoms with Gasteiger partial charge >= 0.3 is 0 Å². The van der Waals surface area contributed by atoms with Gasteiger partial charge in [0.25, 0.3) is 0 Å². The van der Waals surface area contributed by atoms with Crippen LogP contribution in [-0.4, -0.2) is 18.0 Å². The molecular weight excluding hydrogens is 232 g/mol. The van der Waals surface area contributed by atoms with Crippen LogP contribution in [0.1, 0.15) is 36.4 Å². The van der Waals surface area contributed by atoms with Crippen molar-refractivity contribution in [3.63, 3.8) is 0 Å². The lowest BCUT2D eigenvalue weighted by molar-refractivity contribution is 0.196. The van der Waals surface area contributed by atoms with Crippen LogP contribution < -0.4 is 0 Å². The van der Waals surface area contributed by atoms with Crippen LogP contribution in [0.4, 0.5) is 0 Å². The number of halogens is 1. The van der Waals surface area contributed by atoms with Crippen molar-refractivity contribution in [1.29, 1.82) is 5.26 Å². The molecule has 92 valence electrons. The van der Waals surface area contributed by atoms with Gasteiger partial charge in [0.1, 0.15) is 6.04 Å². The van der Waals surface area contributed by atoms with Gasteiger partial charge in [-0.05, 0) is 38.4 Å². The third kappa shape index (κ3) is 3.46. The van der Waals surface area contributed by atoms with Crippen molar-refractivity contribution in [3.05, 3.63) is 35.4 Å². The number of hydrogen-bond acceptors (Lipinski definition) is 2. The van der Waals surface area contributed by atoms with Gasteiger partial charge in [-0.3, -0.25) is 4.90 Å². The first-order valence-electron chi connectivity index (χ1n) is 6.01. The van der Waals surface area contributed by atoms with Gasteiger partial charge in [-0.25, -0.2) is 0 Å². The minimum Gasteiger partial charge on any atom is -0.284 e. The Hall–Kier alpha value is -1.04. The molecule has 0 amide bonds. The fourth-order valence-electron chi connectivity index (χ4n) is 2.29. The molecule has 2 rings (SSSR count). The van der Waals surface area contributed by atoms with Crippen molar-refractivity contribution < 1.29 is 0 Å². The molecule has 1 heterocycles. The van der Waals surface area contributed by atoms with Crippen molar-refractivity contribution in [3.8, 4) is 6.07 Å². The summed E-state index contributed by atoms with van der Waals surface area (Å²) >= 11 is 0. The van der Waals surface area contributed by atoms with Crippen LogP contribution in [0.2, 0.25) is 0 Å². The van der Waals surface area contributed by atoms with E-state index in [0.717, 1.165) is 18.7 Å². The summed E-state index contributed by atoms with van der Waals surface area (Å²) in [7, 11) is 0. The van der Waals surface area contributed by atoms with E-state index in [2.05, 4.69) is 42.2 Å². The fraction of sp³-hybridized carbons (Fsp3) is 0.500. The molecule has 0 radical (unpaired) electrons. The molecule has 0 aromatic heterocycles. The SMILES string of the molecule is Cc1ccc(C(C#N)N2CCCCC2)cc1.Cl. The van der Waals surface area contributed by atoms with Gasteiger partial charge in [-0.15, -0.1) is 12.4 Å².